The Labute approximate surface area is 180 Å². The molecule has 1 amide bonds. The molecule has 2 aliphatic rings. The van der Waals surface area contributed by atoms with E-state index < -0.39 is 5.92 Å². The molecule has 2 aromatic rings. The maximum atomic E-state index is 13.3. The third kappa shape index (κ3) is 4.52. The summed E-state index contributed by atoms with van der Waals surface area (Å²) in [4.78, 5) is 19.9. The van der Waals surface area contributed by atoms with E-state index in [2.05, 4.69) is 15.5 Å². The van der Waals surface area contributed by atoms with E-state index in [1.807, 2.05) is 25.2 Å². The average molecular weight is 437 g/mol. The largest absolute Gasteiger partial charge is 0.355 e. The highest BCUT2D eigenvalue weighted by atomic mass is 35.5. The van der Waals surface area contributed by atoms with Crippen LogP contribution >= 0.6 is 11.6 Å². The maximum Gasteiger partial charge on any atom is 0.253 e. The molecule has 30 heavy (non-hydrogen) atoms. The average Bonchev–Trinajstić information content (AvgIpc) is 3.22. The van der Waals surface area contributed by atoms with Crippen molar-refractivity contribution in [3.63, 3.8) is 0 Å². The Bertz CT molecular complexity index is 929. The molecule has 1 aliphatic carbocycles. The van der Waals surface area contributed by atoms with Gasteiger partial charge in [-0.2, -0.15) is 0 Å². The number of aromatic nitrogens is 1. The summed E-state index contributed by atoms with van der Waals surface area (Å²) in [6.45, 7) is 2.22. The lowest BCUT2D eigenvalue weighted by Gasteiger charge is -2.28. The summed E-state index contributed by atoms with van der Waals surface area (Å²) in [5, 5.41) is 7.25. The predicted octanol–water partition coefficient (Wildman–Crippen LogP) is 4.24. The van der Waals surface area contributed by atoms with E-state index in [4.69, 9.17) is 16.6 Å². The minimum Gasteiger partial charge on any atom is -0.355 e. The van der Waals surface area contributed by atoms with Crippen LogP contribution in [0.25, 0.3) is 10.9 Å². The van der Waals surface area contributed by atoms with Gasteiger partial charge in [-0.1, -0.05) is 11.6 Å². The first-order valence-electron chi connectivity index (χ1n) is 10.5. The molecule has 8 heteroatoms. The molecule has 1 saturated carbocycles. The van der Waals surface area contributed by atoms with E-state index in [1.165, 1.54) is 0 Å². The lowest BCUT2D eigenvalue weighted by Crippen LogP contribution is -2.34. The van der Waals surface area contributed by atoms with Crippen molar-refractivity contribution in [2.75, 3.05) is 31.6 Å². The second-order valence-electron chi connectivity index (χ2n) is 8.39. The van der Waals surface area contributed by atoms with Crippen molar-refractivity contribution >= 4 is 34.2 Å². The molecule has 1 saturated heterocycles. The van der Waals surface area contributed by atoms with Gasteiger partial charge in [-0.3, -0.25) is 4.79 Å². The molecule has 1 aromatic carbocycles. The van der Waals surface area contributed by atoms with Crippen molar-refractivity contribution in [2.24, 2.45) is 5.92 Å². The number of carbonyl (C=O) groups excluding carboxylic acids is 1. The Morgan fingerprint density at radius 3 is 2.70 bits per heavy atom. The highest BCUT2D eigenvalue weighted by Crippen LogP contribution is 2.36. The first-order valence-corrected chi connectivity index (χ1v) is 10.9. The summed E-state index contributed by atoms with van der Waals surface area (Å²) in [6, 6.07) is 7.79. The number of fused-ring (bicyclic) bond motifs is 1. The number of benzene rings is 1. The normalized spacial score (nSPS) is 21.9. The topological polar surface area (TPSA) is 57.3 Å². The van der Waals surface area contributed by atoms with Crippen molar-refractivity contribution in [3.8, 4) is 0 Å². The summed E-state index contributed by atoms with van der Waals surface area (Å²) >= 11 is 6.36. The Morgan fingerprint density at radius 1 is 1.23 bits per heavy atom. The summed E-state index contributed by atoms with van der Waals surface area (Å²) in [6.07, 6.45) is 1.69. The Balaban J connectivity index is 1.49. The van der Waals surface area contributed by atoms with Crippen LogP contribution in [0.4, 0.5) is 14.6 Å². The summed E-state index contributed by atoms with van der Waals surface area (Å²) in [7, 11) is 1.97. The number of halogens is 3. The van der Waals surface area contributed by atoms with Crippen molar-refractivity contribution in [3.05, 3.63) is 34.9 Å². The van der Waals surface area contributed by atoms with Crippen LogP contribution in [-0.2, 0) is 0 Å². The van der Waals surface area contributed by atoms with Gasteiger partial charge in [0.25, 0.3) is 5.91 Å². The molecule has 1 aliphatic heterocycles. The molecule has 2 heterocycles. The second kappa shape index (κ2) is 8.63. The molecule has 162 valence electrons. The Kier molecular flexibility index (Phi) is 6.11. The number of carbonyl (C=O) groups is 1. The smallest absolute Gasteiger partial charge is 0.253 e. The van der Waals surface area contributed by atoms with Gasteiger partial charge in [-0.25, -0.2) is 13.8 Å². The number of pyridine rings is 1. The molecule has 4 rings (SSSR count). The molecular weight excluding hydrogens is 410 g/mol. The van der Waals surface area contributed by atoms with Gasteiger partial charge in [0.05, 0.1) is 16.1 Å². The number of anilines is 1. The maximum absolute atomic E-state index is 13.3. The molecule has 1 aromatic heterocycles. The number of hydrogen-bond donors (Lipinski definition) is 2. The third-order valence-electron chi connectivity index (χ3n) is 6.34. The monoisotopic (exact) mass is 436 g/mol. The standard InChI is InChI=1S/C22H27ClF2N4O/c1-26-15-8-11-29(13-15)19-5-2-16-18(28-19)4-3-17(23)20(16)21(30)27-12-14-6-9-22(24,25)10-7-14/h2-5,14-15,26H,6-13H2,1H3,(H,27,30)/t15-/m0/s1. The zero-order chi connectivity index (χ0) is 21.3. The van der Waals surface area contributed by atoms with E-state index in [9.17, 15) is 13.6 Å². The summed E-state index contributed by atoms with van der Waals surface area (Å²) in [5.41, 5.74) is 1.11. The van der Waals surface area contributed by atoms with Crippen LogP contribution < -0.4 is 15.5 Å². The van der Waals surface area contributed by atoms with Gasteiger partial charge in [0, 0.05) is 43.9 Å². The van der Waals surface area contributed by atoms with Crippen LogP contribution in [0.2, 0.25) is 5.02 Å². The molecule has 0 radical (unpaired) electrons. The van der Waals surface area contributed by atoms with Crippen LogP contribution in [0, 0.1) is 5.92 Å². The predicted molar refractivity (Wildman–Crippen MR) is 116 cm³/mol. The second-order valence-corrected chi connectivity index (χ2v) is 8.80. The van der Waals surface area contributed by atoms with Crippen molar-refractivity contribution in [2.45, 2.75) is 44.1 Å². The van der Waals surface area contributed by atoms with E-state index in [-0.39, 0.29) is 24.7 Å². The number of amides is 1. The molecule has 0 spiro atoms. The number of likely N-dealkylation sites (N-methyl/N-ethyl adjacent to an activating group) is 1. The van der Waals surface area contributed by atoms with Gasteiger partial charge in [0.15, 0.2) is 0 Å². The minimum atomic E-state index is -2.56. The number of hydrogen-bond acceptors (Lipinski definition) is 4. The molecular formula is C22H27ClF2N4O. The van der Waals surface area contributed by atoms with E-state index in [1.54, 1.807) is 6.07 Å². The number of alkyl halides is 2. The van der Waals surface area contributed by atoms with Gasteiger partial charge in [-0.05, 0) is 56.5 Å². The fraction of sp³-hybridized carbons (Fsp3) is 0.545. The number of rotatable bonds is 5. The number of nitrogens with zero attached hydrogens (tertiary/aromatic N) is 2. The summed E-state index contributed by atoms with van der Waals surface area (Å²) in [5.74, 6) is -1.89. The van der Waals surface area contributed by atoms with Crippen LogP contribution in [0.3, 0.4) is 0 Å². The molecule has 5 nitrogen and oxygen atoms in total. The Morgan fingerprint density at radius 2 is 2.00 bits per heavy atom. The molecule has 0 unspecified atom stereocenters. The van der Waals surface area contributed by atoms with Crippen LogP contribution in [0.1, 0.15) is 42.5 Å². The van der Waals surface area contributed by atoms with Crippen LogP contribution in [0.5, 0.6) is 0 Å². The van der Waals surface area contributed by atoms with Crippen LogP contribution in [0.15, 0.2) is 24.3 Å². The van der Waals surface area contributed by atoms with E-state index >= 15 is 0 Å². The Hall–Kier alpha value is -1.99. The van der Waals surface area contributed by atoms with Crippen molar-refractivity contribution in [1.82, 2.24) is 15.6 Å². The SMILES string of the molecule is CN[C@H]1CCN(c2ccc3c(C(=O)NCC4CCC(F)(F)CC4)c(Cl)ccc3n2)C1. The van der Waals surface area contributed by atoms with Crippen LogP contribution in [-0.4, -0.2) is 49.5 Å². The zero-order valence-corrected chi connectivity index (χ0v) is 17.8. The molecule has 1 atom stereocenters. The molecule has 2 N–H and O–H groups in total. The van der Waals surface area contributed by atoms with Gasteiger partial charge >= 0.3 is 0 Å². The van der Waals surface area contributed by atoms with E-state index in [0.29, 0.717) is 46.9 Å². The van der Waals surface area contributed by atoms with Gasteiger partial charge < -0.3 is 15.5 Å². The van der Waals surface area contributed by atoms with Gasteiger partial charge in [0.1, 0.15) is 5.82 Å². The summed E-state index contributed by atoms with van der Waals surface area (Å²) < 4.78 is 26.7. The minimum absolute atomic E-state index is 0.0716. The highest BCUT2D eigenvalue weighted by Gasteiger charge is 2.35. The lowest BCUT2D eigenvalue weighted by molar-refractivity contribution is -0.0452. The fourth-order valence-electron chi connectivity index (χ4n) is 4.41. The molecule has 2 fully saturated rings. The fourth-order valence-corrected chi connectivity index (χ4v) is 4.66. The van der Waals surface area contributed by atoms with E-state index in [0.717, 1.165) is 25.3 Å². The first-order chi connectivity index (χ1) is 14.4. The zero-order valence-electron chi connectivity index (χ0n) is 17.1. The van der Waals surface area contributed by atoms with Gasteiger partial charge in [-0.15, -0.1) is 0 Å². The lowest BCUT2D eigenvalue weighted by atomic mass is 9.87. The quantitative estimate of drug-likeness (QED) is 0.736. The highest BCUT2D eigenvalue weighted by molar-refractivity contribution is 6.35. The van der Waals surface area contributed by atoms with Crippen molar-refractivity contribution < 1.29 is 13.6 Å². The van der Waals surface area contributed by atoms with Crippen molar-refractivity contribution in [1.29, 1.82) is 0 Å². The number of nitrogens with one attached hydrogen (secondary N) is 2. The molecule has 0 bridgehead atoms. The van der Waals surface area contributed by atoms with Gasteiger partial charge in [0.2, 0.25) is 5.92 Å². The third-order valence-corrected chi connectivity index (χ3v) is 6.66. The first kappa shape index (κ1) is 21.2.